The van der Waals surface area contributed by atoms with Gasteiger partial charge < -0.3 is 5.73 Å². The Morgan fingerprint density at radius 1 is 1.36 bits per heavy atom. The molecule has 0 amide bonds. The summed E-state index contributed by atoms with van der Waals surface area (Å²) < 4.78 is 1.17. The maximum Gasteiger partial charge on any atom is 0.0196 e. The largest absolute Gasteiger partial charge is 0.325 e. The highest BCUT2D eigenvalue weighted by atomic mass is 79.9. The molecule has 1 nitrogen and oxygen atoms in total. The first-order valence-electron chi connectivity index (χ1n) is 5.05. The first-order chi connectivity index (χ1) is 6.50. The summed E-state index contributed by atoms with van der Waals surface area (Å²) in [6.45, 7) is 4.34. The standard InChI is InChI=1S/C12H16BrN/c1-8-5-11(13)6-10(9(8)2)7-12(14)3-4-12/h5-6H,3-4,7,14H2,1-2H3. The van der Waals surface area contributed by atoms with Crippen LogP contribution in [-0.2, 0) is 6.42 Å². The van der Waals surface area contributed by atoms with Crippen molar-refractivity contribution in [1.82, 2.24) is 0 Å². The van der Waals surface area contributed by atoms with Gasteiger partial charge in [0.25, 0.3) is 0 Å². The fourth-order valence-electron chi connectivity index (χ4n) is 1.78. The van der Waals surface area contributed by atoms with Crippen LogP contribution in [0.5, 0.6) is 0 Å². The Kier molecular flexibility index (Phi) is 2.44. The molecule has 0 spiro atoms. The molecule has 2 N–H and O–H groups in total. The van der Waals surface area contributed by atoms with E-state index >= 15 is 0 Å². The lowest BCUT2D eigenvalue weighted by atomic mass is 9.97. The van der Waals surface area contributed by atoms with Crippen LogP contribution in [0.1, 0.15) is 29.5 Å². The minimum absolute atomic E-state index is 0.109. The van der Waals surface area contributed by atoms with Crippen LogP contribution in [0, 0.1) is 13.8 Å². The molecule has 2 rings (SSSR count). The Balaban J connectivity index is 2.32. The molecule has 76 valence electrons. The van der Waals surface area contributed by atoms with E-state index < -0.39 is 0 Å². The fraction of sp³-hybridized carbons (Fsp3) is 0.500. The molecule has 1 saturated carbocycles. The molecule has 0 heterocycles. The van der Waals surface area contributed by atoms with Crippen LogP contribution in [-0.4, -0.2) is 5.54 Å². The summed E-state index contributed by atoms with van der Waals surface area (Å²) in [7, 11) is 0. The van der Waals surface area contributed by atoms with Gasteiger partial charge >= 0.3 is 0 Å². The summed E-state index contributed by atoms with van der Waals surface area (Å²) in [6, 6.07) is 4.37. The van der Waals surface area contributed by atoms with Crippen LogP contribution in [0.2, 0.25) is 0 Å². The number of nitrogens with two attached hydrogens (primary N) is 1. The molecule has 2 heteroatoms. The molecule has 1 fully saturated rings. The average Bonchev–Trinajstić information content (AvgIpc) is 2.79. The summed E-state index contributed by atoms with van der Waals surface area (Å²) >= 11 is 3.53. The molecule has 0 radical (unpaired) electrons. The minimum atomic E-state index is 0.109. The van der Waals surface area contributed by atoms with Crippen LogP contribution in [0.25, 0.3) is 0 Å². The van der Waals surface area contributed by atoms with Crippen LogP contribution in [0.3, 0.4) is 0 Å². The Labute approximate surface area is 93.8 Å². The van der Waals surface area contributed by atoms with Crippen LogP contribution < -0.4 is 5.73 Å². The zero-order valence-electron chi connectivity index (χ0n) is 8.73. The van der Waals surface area contributed by atoms with E-state index in [1.807, 2.05) is 0 Å². The monoisotopic (exact) mass is 253 g/mol. The third-order valence-corrected chi connectivity index (χ3v) is 3.63. The second-order valence-corrected chi connectivity index (χ2v) is 5.46. The summed E-state index contributed by atoms with van der Waals surface area (Å²) in [5, 5.41) is 0. The highest BCUT2D eigenvalue weighted by Crippen LogP contribution is 2.37. The molecule has 1 aromatic carbocycles. The van der Waals surface area contributed by atoms with Gasteiger partial charge in [-0.15, -0.1) is 0 Å². The smallest absolute Gasteiger partial charge is 0.0196 e. The van der Waals surface area contributed by atoms with Gasteiger partial charge in [-0.05, 0) is 61.9 Å². The van der Waals surface area contributed by atoms with E-state index in [4.69, 9.17) is 5.73 Å². The van der Waals surface area contributed by atoms with Gasteiger partial charge in [-0.1, -0.05) is 15.9 Å². The highest BCUT2D eigenvalue weighted by molar-refractivity contribution is 9.10. The molecule has 0 bridgehead atoms. The van der Waals surface area contributed by atoms with E-state index in [1.54, 1.807) is 0 Å². The minimum Gasteiger partial charge on any atom is -0.325 e. The van der Waals surface area contributed by atoms with Crippen molar-refractivity contribution in [3.63, 3.8) is 0 Å². The van der Waals surface area contributed by atoms with E-state index in [1.165, 1.54) is 34.0 Å². The molecule has 0 unspecified atom stereocenters. The van der Waals surface area contributed by atoms with Crippen molar-refractivity contribution >= 4 is 15.9 Å². The van der Waals surface area contributed by atoms with Crippen molar-refractivity contribution < 1.29 is 0 Å². The topological polar surface area (TPSA) is 26.0 Å². The third-order valence-electron chi connectivity index (χ3n) is 3.17. The number of halogens is 1. The first-order valence-corrected chi connectivity index (χ1v) is 5.84. The van der Waals surface area contributed by atoms with Gasteiger partial charge in [0.15, 0.2) is 0 Å². The van der Waals surface area contributed by atoms with Gasteiger partial charge in [0.2, 0.25) is 0 Å². The van der Waals surface area contributed by atoms with E-state index in [0.29, 0.717) is 0 Å². The lowest BCUT2D eigenvalue weighted by molar-refractivity contribution is 0.669. The van der Waals surface area contributed by atoms with Crippen molar-refractivity contribution in [3.05, 3.63) is 33.3 Å². The Morgan fingerprint density at radius 3 is 2.57 bits per heavy atom. The molecule has 14 heavy (non-hydrogen) atoms. The second-order valence-electron chi connectivity index (χ2n) is 4.55. The molecule has 1 aliphatic rings. The number of hydrogen-bond donors (Lipinski definition) is 1. The van der Waals surface area contributed by atoms with E-state index in [9.17, 15) is 0 Å². The van der Waals surface area contributed by atoms with E-state index in [-0.39, 0.29) is 5.54 Å². The Bertz CT molecular complexity index is 367. The number of aryl methyl sites for hydroxylation is 1. The van der Waals surface area contributed by atoms with Gasteiger partial charge in [-0.25, -0.2) is 0 Å². The van der Waals surface area contributed by atoms with Crippen molar-refractivity contribution in [2.24, 2.45) is 5.73 Å². The number of benzene rings is 1. The molecule has 1 aromatic rings. The second kappa shape index (κ2) is 3.35. The van der Waals surface area contributed by atoms with Gasteiger partial charge in [-0.3, -0.25) is 0 Å². The molecule has 0 saturated heterocycles. The molecular weight excluding hydrogens is 238 g/mol. The SMILES string of the molecule is Cc1cc(Br)cc(CC2(N)CC2)c1C. The Morgan fingerprint density at radius 2 is 2.00 bits per heavy atom. The third kappa shape index (κ3) is 2.01. The molecule has 0 aromatic heterocycles. The Hall–Kier alpha value is -0.340. The first kappa shape index (κ1) is 10.2. The van der Waals surface area contributed by atoms with Gasteiger partial charge in [0.1, 0.15) is 0 Å². The summed E-state index contributed by atoms with van der Waals surface area (Å²) in [6.07, 6.45) is 3.38. The van der Waals surface area contributed by atoms with Crippen molar-refractivity contribution in [2.75, 3.05) is 0 Å². The molecule has 0 atom stereocenters. The maximum atomic E-state index is 6.13. The highest BCUT2D eigenvalue weighted by Gasteiger charge is 2.38. The molecule has 1 aliphatic carbocycles. The predicted molar refractivity (Wildman–Crippen MR) is 63.5 cm³/mol. The van der Waals surface area contributed by atoms with Crippen molar-refractivity contribution in [1.29, 1.82) is 0 Å². The lowest BCUT2D eigenvalue weighted by Crippen LogP contribution is -2.25. The molecular formula is C12H16BrN. The number of rotatable bonds is 2. The van der Waals surface area contributed by atoms with Gasteiger partial charge in [0.05, 0.1) is 0 Å². The summed E-state index contributed by atoms with van der Waals surface area (Å²) in [5.41, 5.74) is 10.4. The quantitative estimate of drug-likeness (QED) is 0.862. The van der Waals surface area contributed by atoms with Crippen LogP contribution in [0.15, 0.2) is 16.6 Å². The summed E-state index contributed by atoms with van der Waals surface area (Å²) in [4.78, 5) is 0. The van der Waals surface area contributed by atoms with E-state index in [0.717, 1.165) is 6.42 Å². The zero-order chi connectivity index (χ0) is 10.3. The van der Waals surface area contributed by atoms with Crippen LogP contribution >= 0.6 is 15.9 Å². The summed E-state index contributed by atoms with van der Waals surface area (Å²) in [5.74, 6) is 0. The average molecular weight is 254 g/mol. The lowest BCUT2D eigenvalue weighted by Gasteiger charge is -2.13. The van der Waals surface area contributed by atoms with Gasteiger partial charge in [0, 0.05) is 10.0 Å². The van der Waals surface area contributed by atoms with E-state index in [2.05, 4.69) is 41.9 Å². The van der Waals surface area contributed by atoms with Gasteiger partial charge in [-0.2, -0.15) is 0 Å². The van der Waals surface area contributed by atoms with Crippen molar-refractivity contribution in [2.45, 2.75) is 38.6 Å². The zero-order valence-corrected chi connectivity index (χ0v) is 10.3. The van der Waals surface area contributed by atoms with Crippen molar-refractivity contribution in [3.8, 4) is 0 Å². The van der Waals surface area contributed by atoms with Crippen LogP contribution in [0.4, 0.5) is 0 Å². The predicted octanol–water partition coefficient (Wildman–Crippen LogP) is 3.10. The number of hydrogen-bond acceptors (Lipinski definition) is 1. The maximum absolute atomic E-state index is 6.13. The normalized spacial score (nSPS) is 18.3. The molecule has 0 aliphatic heterocycles. The fourth-order valence-corrected chi connectivity index (χ4v) is 2.40.